The van der Waals surface area contributed by atoms with E-state index in [-0.39, 0.29) is 12.5 Å². The van der Waals surface area contributed by atoms with Crippen LogP contribution in [0.5, 0.6) is 17.2 Å². The van der Waals surface area contributed by atoms with E-state index in [2.05, 4.69) is 4.98 Å². The smallest absolute Gasteiger partial charge is 0.231 e. The number of ether oxygens (including phenoxy) is 2. The summed E-state index contributed by atoms with van der Waals surface area (Å²) in [6, 6.07) is 15.0. The Bertz CT molecular complexity index is 887. The van der Waals surface area contributed by atoms with E-state index in [4.69, 9.17) is 9.47 Å². The summed E-state index contributed by atoms with van der Waals surface area (Å²) in [4.78, 5) is 4.47. The van der Waals surface area contributed by atoms with Crippen LogP contribution in [0.25, 0.3) is 23.1 Å². The van der Waals surface area contributed by atoms with Crippen molar-refractivity contribution in [3.05, 3.63) is 59.8 Å². The average Bonchev–Trinajstić information content (AvgIpc) is 3.02. The number of hydrogen-bond acceptors (Lipinski definition) is 4. The van der Waals surface area contributed by atoms with Crippen LogP contribution >= 0.6 is 0 Å². The third kappa shape index (κ3) is 2.15. The quantitative estimate of drug-likeness (QED) is 0.779. The molecule has 108 valence electrons. The molecular weight excluding hydrogens is 278 g/mol. The second kappa shape index (κ2) is 5.07. The number of rotatable bonds is 2. The summed E-state index contributed by atoms with van der Waals surface area (Å²) >= 11 is 0. The Morgan fingerprint density at radius 1 is 0.955 bits per heavy atom. The van der Waals surface area contributed by atoms with E-state index in [9.17, 15) is 5.11 Å². The summed E-state index contributed by atoms with van der Waals surface area (Å²) in [6.45, 7) is 0.252. The maximum absolute atomic E-state index is 9.88. The zero-order valence-electron chi connectivity index (χ0n) is 11.7. The molecule has 0 amide bonds. The van der Waals surface area contributed by atoms with Crippen molar-refractivity contribution in [1.29, 1.82) is 0 Å². The molecule has 0 bridgehead atoms. The summed E-state index contributed by atoms with van der Waals surface area (Å²) in [5.41, 5.74) is 2.31. The zero-order valence-corrected chi connectivity index (χ0v) is 11.7. The molecular formula is C18H13NO3. The van der Waals surface area contributed by atoms with Crippen LogP contribution in [0.4, 0.5) is 0 Å². The minimum absolute atomic E-state index is 0.185. The molecule has 1 N–H and O–H groups in total. The fourth-order valence-electron chi connectivity index (χ4n) is 2.50. The first kappa shape index (κ1) is 12.7. The van der Waals surface area contributed by atoms with Crippen LogP contribution in [-0.4, -0.2) is 16.9 Å². The van der Waals surface area contributed by atoms with Crippen LogP contribution in [0.3, 0.4) is 0 Å². The molecule has 0 spiro atoms. The number of aromatic nitrogens is 1. The first-order valence-corrected chi connectivity index (χ1v) is 6.97. The van der Waals surface area contributed by atoms with Gasteiger partial charge in [0.2, 0.25) is 6.79 Å². The monoisotopic (exact) mass is 291 g/mol. The summed E-state index contributed by atoms with van der Waals surface area (Å²) in [5, 5.41) is 10.8. The lowest BCUT2D eigenvalue weighted by Crippen LogP contribution is -1.93. The Labute approximate surface area is 127 Å². The fourth-order valence-corrected chi connectivity index (χ4v) is 2.50. The number of phenolic OH excluding ortho intramolecular Hbond substituents is 1. The van der Waals surface area contributed by atoms with Gasteiger partial charge in [0.15, 0.2) is 11.5 Å². The first-order valence-electron chi connectivity index (χ1n) is 6.97. The maximum Gasteiger partial charge on any atom is 0.231 e. The minimum Gasteiger partial charge on any atom is -0.506 e. The minimum atomic E-state index is 0.185. The molecule has 0 saturated carbocycles. The second-order valence-electron chi connectivity index (χ2n) is 5.00. The summed E-state index contributed by atoms with van der Waals surface area (Å²) in [6.07, 6.45) is 3.82. The number of pyridine rings is 1. The molecule has 0 aliphatic carbocycles. The predicted octanol–water partition coefficient (Wildman–Crippen LogP) is 3.84. The van der Waals surface area contributed by atoms with Gasteiger partial charge in [-0.25, -0.2) is 4.98 Å². The van der Waals surface area contributed by atoms with Gasteiger partial charge in [0, 0.05) is 10.9 Å². The molecule has 1 aliphatic heterocycles. The molecule has 0 atom stereocenters. The molecule has 2 heterocycles. The van der Waals surface area contributed by atoms with Crippen molar-refractivity contribution in [3.8, 4) is 17.2 Å². The fraction of sp³-hybridized carbons (Fsp3) is 0.0556. The topological polar surface area (TPSA) is 51.6 Å². The summed E-state index contributed by atoms with van der Waals surface area (Å²) in [5.74, 6) is 1.69. The molecule has 2 aromatic carbocycles. The van der Waals surface area contributed by atoms with E-state index in [0.29, 0.717) is 5.52 Å². The van der Waals surface area contributed by atoms with Crippen molar-refractivity contribution in [2.24, 2.45) is 0 Å². The Hall–Kier alpha value is -3.01. The van der Waals surface area contributed by atoms with Gasteiger partial charge in [-0.3, -0.25) is 0 Å². The van der Waals surface area contributed by atoms with Crippen molar-refractivity contribution in [2.45, 2.75) is 0 Å². The molecule has 1 aliphatic rings. The number of benzene rings is 2. The number of para-hydroxylation sites is 2. The van der Waals surface area contributed by atoms with Gasteiger partial charge >= 0.3 is 0 Å². The van der Waals surface area contributed by atoms with Crippen LogP contribution in [-0.2, 0) is 0 Å². The van der Waals surface area contributed by atoms with Gasteiger partial charge in [0.05, 0.1) is 5.69 Å². The van der Waals surface area contributed by atoms with Crippen molar-refractivity contribution in [1.82, 2.24) is 4.98 Å². The van der Waals surface area contributed by atoms with Crippen molar-refractivity contribution < 1.29 is 14.6 Å². The van der Waals surface area contributed by atoms with Crippen LogP contribution < -0.4 is 9.47 Å². The van der Waals surface area contributed by atoms with Gasteiger partial charge in [-0.2, -0.15) is 0 Å². The second-order valence-corrected chi connectivity index (χ2v) is 5.00. The lowest BCUT2D eigenvalue weighted by Gasteiger charge is -2.02. The van der Waals surface area contributed by atoms with E-state index in [1.165, 1.54) is 0 Å². The van der Waals surface area contributed by atoms with Gasteiger partial charge in [-0.05, 0) is 30.4 Å². The van der Waals surface area contributed by atoms with E-state index < -0.39 is 0 Å². The van der Waals surface area contributed by atoms with E-state index in [1.54, 1.807) is 12.1 Å². The molecule has 0 unspecified atom stereocenters. The average molecular weight is 291 g/mol. The number of aromatic hydroxyl groups is 1. The van der Waals surface area contributed by atoms with Crippen LogP contribution in [0.15, 0.2) is 48.5 Å². The predicted molar refractivity (Wildman–Crippen MR) is 84.9 cm³/mol. The molecule has 1 aromatic heterocycles. The molecule has 0 fully saturated rings. The molecule has 0 saturated heterocycles. The van der Waals surface area contributed by atoms with Gasteiger partial charge in [0.1, 0.15) is 11.3 Å². The number of nitrogens with zero attached hydrogens (tertiary/aromatic N) is 1. The largest absolute Gasteiger partial charge is 0.506 e. The Morgan fingerprint density at radius 2 is 1.86 bits per heavy atom. The van der Waals surface area contributed by atoms with Crippen molar-refractivity contribution >= 4 is 23.1 Å². The number of hydrogen-bond donors (Lipinski definition) is 1. The highest BCUT2D eigenvalue weighted by molar-refractivity contribution is 5.86. The van der Waals surface area contributed by atoms with Crippen LogP contribution in [0.1, 0.15) is 11.3 Å². The Kier molecular flexibility index (Phi) is 2.93. The molecule has 3 aromatic rings. The lowest BCUT2D eigenvalue weighted by atomic mass is 10.1. The van der Waals surface area contributed by atoms with Crippen LogP contribution in [0, 0.1) is 0 Å². The number of phenols is 1. The first-order chi connectivity index (χ1) is 10.8. The van der Waals surface area contributed by atoms with Crippen molar-refractivity contribution in [3.63, 3.8) is 0 Å². The van der Waals surface area contributed by atoms with Gasteiger partial charge in [0.25, 0.3) is 0 Å². The van der Waals surface area contributed by atoms with Gasteiger partial charge < -0.3 is 14.6 Å². The number of fused-ring (bicyclic) bond motifs is 2. The SMILES string of the molecule is Oc1cccc2ccc(/C=C/c3cccc4c3OCO4)nc12. The van der Waals surface area contributed by atoms with Gasteiger partial charge in [-0.1, -0.05) is 30.3 Å². The van der Waals surface area contributed by atoms with E-state index in [1.807, 2.05) is 48.6 Å². The standard InChI is InChI=1S/C18H13NO3/c20-15-5-1-3-12-7-9-14(19-17(12)15)10-8-13-4-2-6-16-18(13)22-11-21-16/h1-10,20H,11H2/b10-8+. The molecule has 4 nitrogen and oxygen atoms in total. The summed E-state index contributed by atoms with van der Waals surface area (Å²) < 4.78 is 10.8. The summed E-state index contributed by atoms with van der Waals surface area (Å²) in [7, 11) is 0. The third-order valence-corrected chi connectivity index (χ3v) is 3.58. The lowest BCUT2D eigenvalue weighted by molar-refractivity contribution is 0.174. The normalized spacial score (nSPS) is 13.1. The Balaban J connectivity index is 1.72. The highest BCUT2D eigenvalue weighted by Crippen LogP contribution is 2.36. The molecule has 22 heavy (non-hydrogen) atoms. The zero-order chi connectivity index (χ0) is 14.9. The van der Waals surface area contributed by atoms with Crippen molar-refractivity contribution in [2.75, 3.05) is 6.79 Å². The van der Waals surface area contributed by atoms with E-state index >= 15 is 0 Å². The molecule has 4 rings (SSSR count). The molecule has 4 heteroatoms. The van der Waals surface area contributed by atoms with Crippen LogP contribution in [0.2, 0.25) is 0 Å². The highest BCUT2D eigenvalue weighted by atomic mass is 16.7. The molecule has 0 radical (unpaired) electrons. The van der Waals surface area contributed by atoms with E-state index in [0.717, 1.165) is 28.1 Å². The maximum atomic E-state index is 9.88. The highest BCUT2D eigenvalue weighted by Gasteiger charge is 2.15. The third-order valence-electron chi connectivity index (χ3n) is 3.58. The Morgan fingerprint density at radius 3 is 2.82 bits per heavy atom. The van der Waals surface area contributed by atoms with Gasteiger partial charge in [-0.15, -0.1) is 0 Å².